The average molecular weight is 124 g/mol. The normalized spacial score (nSPS) is 13.8. The first-order chi connectivity index (χ1) is 4.27. The van der Waals surface area contributed by atoms with Crippen LogP contribution < -0.4 is 5.73 Å². The van der Waals surface area contributed by atoms with Crippen LogP contribution in [0.15, 0.2) is 29.0 Å². The van der Waals surface area contributed by atoms with E-state index in [-0.39, 0.29) is 0 Å². The number of nitrogens with two attached hydrogens (primary N) is 1. The van der Waals surface area contributed by atoms with Crippen molar-refractivity contribution in [1.82, 2.24) is 0 Å². The maximum Gasteiger partial charge on any atom is 0.0452 e. The van der Waals surface area contributed by atoms with Gasteiger partial charge in [-0.25, -0.2) is 0 Å². The molecule has 2 heteroatoms. The minimum atomic E-state index is 0.718. The standard InChI is InChI=1S/C7H12N2/c1-3-4-5-9-6-7(2)8/h3-6H,8H2,1-2H3/b4-3-,7-6+,9-5-. The molecule has 0 spiro atoms. The molecule has 0 aromatic carbocycles. The Morgan fingerprint density at radius 3 is 2.67 bits per heavy atom. The van der Waals surface area contributed by atoms with Gasteiger partial charge in [0.25, 0.3) is 0 Å². The molecule has 0 radical (unpaired) electrons. The topological polar surface area (TPSA) is 38.4 Å². The van der Waals surface area contributed by atoms with Crippen LogP contribution in [0.1, 0.15) is 13.8 Å². The van der Waals surface area contributed by atoms with Crippen molar-refractivity contribution in [2.75, 3.05) is 0 Å². The summed E-state index contributed by atoms with van der Waals surface area (Å²) in [6, 6.07) is 0. The summed E-state index contributed by atoms with van der Waals surface area (Å²) in [7, 11) is 0. The van der Waals surface area contributed by atoms with Gasteiger partial charge in [-0.05, 0) is 19.9 Å². The van der Waals surface area contributed by atoms with E-state index in [2.05, 4.69) is 4.99 Å². The molecule has 0 unspecified atom stereocenters. The van der Waals surface area contributed by atoms with Gasteiger partial charge in [0.2, 0.25) is 0 Å². The predicted molar refractivity (Wildman–Crippen MR) is 41.3 cm³/mol. The molecule has 0 amide bonds. The van der Waals surface area contributed by atoms with Crippen molar-refractivity contribution in [3.8, 4) is 0 Å². The Hall–Kier alpha value is -1.05. The molecule has 9 heavy (non-hydrogen) atoms. The average Bonchev–Trinajstić information content (AvgIpc) is 1.80. The van der Waals surface area contributed by atoms with E-state index in [1.807, 2.05) is 19.1 Å². The molecule has 0 aliphatic carbocycles. The summed E-state index contributed by atoms with van der Waals surface area (Å²) in [6.45, 7) is 3.73. The molecule has 2 nitrogen and oxygen atoms in total. The lowest BCUT2D eigenvalue weighted by Crippen LogP contribution is -1.87. The third-order valence-electron chi connectivity index (χ3n) is 0.643. The molecule has 0 bridgehead atoms. The fraction of sp³-hybridized carbons (Fsp3) is 0.286. The monoisotopic (exact) mass is 124 g/mol. The molecule has 0 saturated heterocycles. The first kappa shape index (κ1) is 7.95. The highest BCUT2D eigenvalue weighted by Crippen LogP contribution is 1.78. The maximum atomic E-state index is 5.30. The fourth-order valence-corrected chi connectivity index (χ4v) is 0.296. The first-order valence-electron chi connectivity index (χ1n) is 2.84. The molecular weight excluding hydrogens is 112 g/mol. The summed E-state index contributed by atoms with van der Waals surface area (Å²) in [4.78, 5) is 3.86. The minimum Gasteiger partial charge on any atom is -0.401 e. The van der Waals surface area contributed by atoms with Crippen LogP contribution in [-0.2, 0) is 0 Å². The molecule has 0 fully saturated rings. The number of rotatable bonds is 2. The van der Waals surface area contributed by atoms with E-state index in [1.54, 1.807) is 19.3 Å². The van der Waals surface area contributed by atoms with E-state index >= 15 is 0 Å². The molecule has 2 N–H and O–H groups in total. The Kier molecular flexibility index (Phi) is 4.50. The van der Waals surface area contributed by atoms with Crippen molar-refractivity contribution in [2.45, 2.75) is 13.8 Å². The Bertz CT molecular complexity index is 139. The smallest absolute Gasteiger partial charge is 0.0452 e. The number of hydrogen-bond acceptors (Lipinski definition) is 2. The number of hydrogen-bond donors (Lipinski definition) is 1. The highest BCUT2D eigenvalue weighted by atomic mass is 14.7. The van der Waals surface area contributed by atoms with Gasteiger partial charge < -0.3 is 5.73 Å². The van der Waals surface area contributed by atoms with Gasteiger partial charge >= 0.3 is 0 Å². The summed E-state index contributed by atoms with van der Waals surface area (Å²) in [6.07, 6.45) is 7.05. The molecule has 0 aromatic rings. The molecule has 0 rings (SSSR count). The molecule has 0 aliphatic heterocycles. The van der Waals surface area contributed by atoms with Crippen LogP contribution in [0.5, 0.6) is 0 Å². The Morgan fingerprint density at radius 1 is 1.56 bits per heavy atom. The predicted octanol–water partition coefficient (Wildman–Crippen LogP) is 1.45. The van der Waals surface area contributed by atoms with Gasteiger partial charge in [-0.2, -0.15) is 0 Å². The van der Waals surface area contributed by atoms with Gasteiger partial charge in [-0.15, -0.1) is 0 Å². The Balaban J connectivity index is 3.60. The molecule has 50 valence electrons. The van der Waals surface area contributed by atoms with Crippen LogP contribution in [0.2, 0.25) is 0 Å². The number of allylic oxidation sites excluding steroid dienone is 3. The molecule has 0 heterocycles. The van der Waals surface area contributed by atoms with Crippen molar-refractivity contribution in [3.05, 3.63) is 24.0 Å². The first-order valence-corrected chi connectivity index (χ1v) is 2.84. The van der Waals surface area contributed by atoms with Crippen LogP contribution >= 0.6 is 0 Å². The zero-order valence-electron chi connectivity index (χ0n) is 5.83. The van der Waals surface area contributed by atoms with Gasteiger partial charge in [0.15, 0.2) is 0 Å². The van der Waals surface area contributed by atoms with Crippen LogP contribution in [0, 0.1) is 0 Å². The lowest BCUT2D eigenvalue weighted by Gasteiger charge is -1.80. The van der Waals surface area contributed by atoms with Crippen LogP contribution in [0.3, 0.4) is 0 Å². The van der Waals surface area contributed by atoms with Crippen LogP contribution in [0.25, 0.3) is 0 Å². The lowest BCUT2D eigenvalue weighted by molar-refractivity contribution is 1.28. The highest BCUT2D eigenvalue weighted by molar-refractivity contribution is 5.71. The molecule has 0 aliphatic rings. The third-order valence-corrected chi connectivity index (χ3v) is 0.643. The summed E-state index contributed by atoms with van der Waals surface area (Å²) in [5, 5.41) is 0. The van der Waals surface area contributed by atoms with E-state index in [9.17, 15) is 0 Å². The number of aliphatic imine (C=N–C) groups is 1. The van der Waals surface area contributed by atoms with Crippen LogP contribution in [-0.4, -0.2) is 6.21 Å². The van der Waals surface area contributed by atoms with Gasteiger partial charge in [0.05, 0.1) is 0 Å². The van der Waals surface area contributed by atoms with Crippen molar-refractivity contribution in [3.63, 3.8) is 0 Å². The summed E-state index contributed by atoms with van der Waals surface area (Å²) < 4.78 is 0. The second-order valence-electron chi connectivity index (χ2n) is 1.70. The summed E-state index contributed by atoms with van der Waals surface area (Å²) >= 11 is 0. The second-order valence-corrected chi connectivity index (χ2v) is 1.70. The zero-order chi connectivity index (χ0) is 7.11. The molecular formula is C7H12N2. The number of nitrogens with zero attached hydrogens (tertiary/aromatic N) is 1. The molecule has 0 aromatic heterocycles. The van der Waals surface area contributed by atoms with Gasteiger partial charge in [-0.3, -0.25) is 4.99 Å². The zero-order valence-corrected chi connectivity index (χ0v) is 5.83. The fourth-order valence-electron chi connectivity index (χ4n) is 0.296. The van der Waals surface area contributed by atoms with Crippen LogP contribution in [0.4, 0.5) is 0 Å². The third kappa shape index (κ3) is 6.95. The van der Waals surface area contributed by atoms with E-state index < -0.39 is 0 Å². The van der Waals surface area contributed by atoms with E-state index in [4.69, 9.17) is 5.73 Å². The van der Waals surface area contributed by atoms with Crippen molar-refractivity contribution < 1.29 is 0 Å². The van der Waals surface area contributed by atoms with Crippen molar-refractivity contribution >= 4 is 6.21 Å². The quantitative estimate of drug-likeness (QED) is 0.556. The van der Waals surface area contributed by atoms with Crippen molar-refractivity contribution in [2.24, 2.45) is 10.7 Å². The second kappa shape index (κ2) is 5.09. The van der Waals surface area contributed by atoms with E-state index in [1.165, 1.54) is 0 Å². The summed E-state index contributed by atoms with van der Waals surface area (Å²) in [5.41, 5.74) is 6.02. The Labute approximate surface area is 55.8 Å². The lowest BCUT2D eigenvalue weighted by atomic mass is 10.5. The summed E-state index contributed by atoms with van der Waals surface area (Å²) in [5.74, 6) is 0. The Morgan fingerprint density at radius 2 is 2.22 bits per heavy atom. The highest BCUT2D eigenvalue weighted by Gasteiger charge is 1.67. The van der Waals surface area contributed by atoms with Gasteiger partial charge in [0, 0.05) is 18.1 Å². The molecule has 0 saturated carbocycles. The van der Waals surface area contributed by atoms with E-state index in [0.717, 1.165) is 5.70 Å². The van der Waals surface area contributed by atoms with Crippen molar-refractivity contribution in [1.29, 1.82) is 0 Å². The molecule has 0 atom stereocenters. The maximum absolute atomic E-state index is 5.30. The minimum absolute atomic E-state index is 0.718. The SMILES string of the molecule is C\C=C/C=N\C=C(/C)N. The largest absolute Gasteiger partial charge is 0.401 e. The van der Waals surface area contributed by atoms with E-state index in [0.29, 0.717) is 0 Å². The van der Waals surface area contributed by atoms with Gasteiger partial charge in [0.1, 0.15) is 0 Å². The van der Waals surface area contributed by atoms with Gasteiger partial charge in [-0.1, -0.05) is 6.08 Å².